The van der Waals surface area contributed by atoms with Crippen LogP contribution in [-0.2, 0) is 20.7 Å². The summed E-state index contributed by atoms with van der Waals surface area (Å²) in [5, 5.41) is 0. The van der Waals surface area contributed by atoms with Crippen molar-refractivity contribution in [2.45, 2.75) is 12.8 Å². The Morgan fingerprint density at radius 2 is 1.83 bits per heavy atom. The molecule has 0 aliphatic carbocycles. The highest BCUT2D eigenvalue weighted by Crippen LogP contribution is 2.04. The van der Waals surface area contributed by atoms with E-state index in [1.165, 1.54) is 5.56 Å². The predicted molar refractivity (Wildman–Crippen MR) is 73.1 cm³/mol. The third kappa shape index (κ3) is 6.74. The molecule has 0 fully saturated rings. The van der Waals surface area contributed by atoms with E-state index in [0.717, 1.165) is 6.42 Å². The van der Waals surface area contributed by atoms with Crippen molar-refractivity contribution in [1.82, 2.24) is 4.90 Å². The minimum absolute atomic E-state index is 0.0470. The molecule has 0 amide bonds. The highest BCUT2D eigenvalue weighted by atomic mass is 32.2. The number of nitrogens with zero attached hydrogens (tertiary/aromatic N) is 1. The van der Waals surface area contributed by atoms with E-state index in [1.54, 1.807) is 0 Å². The number of aryl methyl sites for hydroxylation is 1. The summed E-state index contributed by atoms with van der Waals surface area (Å²) in [4.78, 5) is 1.82. The average molecular weight is 271 g/mol. The van der Waals surface area contributed by atoms with Crippen LogP contribution in [0, 0.1) is 0 Å². The summed E-state index contributed by atoms with van der Waals surface area (Å²) in [6.07, 6.45) is 1.55. The van der Waals surface area contributed by atoms with E-state index >= 15 is 0 Å². The number of hydrogen-bond acceptors (Lipinski definition) is 4. The molecular weight excluding hydrogens is 250 g/mol. The van der Waals surface area contributed by atoms with Crippen molar-refractivity contribution in [3.63, 3.8) is 0 Å². The maximum atomic E-state index is 11.5. The molecule has 0 N–H and O–H groups in total. The van der Waals surface area contributed by atoms with Crippen LogP contribution < -0.4 is 0 Å². The topological polar surface area (TPSA) is 46.6 Å². The molecule has 0 saturated carbocycles. The Hall–Kier alpha value is -0.910. The Morgan fingerprint density at radius 1 is 1.17 bits per heavy atom. The molecule has 0 aliphatic heterocycles. The van der Waals surface area contributed by atoms with Crippen LogP contribution in [0.2, 0.25) is 0 Å². The first-order valence-corrected chi connectivity index (χ1v) is 7.63. The Morgan fingerprint density at radius 3 is 2.44 bits per heavy atom. The molecule has 5 heteroatoms. The second-order valence-electron chi connectivity index (χ2n) is 4.48. The van der Waals surface area contributed by atoms with E-state index in [4.69, 9.17) is 4.18 Å². The van der Waals surface area contributed by atoms with E-state index in [2.05, 4.69) is 0 Å². The maximum absolute atomic E-state index is 11.5. The van der Waals surface area contributed by atoms with E-state index in [0.29, 0.717) is 13.0 Å². The molecule has 1 aromatic rings. The van der Waals surface area contributed by atoms with Crippen LogP contribution in [-0.4, -0.2) is 46.3 Å². The van der Waals surface area contributed by atoms with E-state index in [9.17, 15) is 8.42 Å². The first-order chi connectivity index (χ1) is 8.49. The van der Waals surface area contributed by atoms with Gasteiger partial charge in [-0.05, 0) is 32.5 Å². The summed E-state index contributed by atoms with van der Waals surface area (Å²) in [5.41, 5.74) is 1.20. The highest BCUT2D eigenvalue weighted by molar-refractivity contribution is 7.86. The van der Waals surface area contributed by atoms with Gasteiger partial charge in [0.05, 0.1) is 12.4 Å². The Balaban J connectivity index is 2.21. The second-order valence-corrected chi connectivity index (χ2v) is 6.24. The van der Waals surface area contributed by atoms with Gasteiger partial charge in [0, 0.05) is 6.54 Å². The van der Waals surface area contributed by atoms with Gasteiger partial charge in [0.2, 0.25) is 0 Å². The van der Waals surface area contributed by atoms with Gasteiger partial charge in [0.25, 0.3) is 10.1 Å². The van der Waals surface area contributed by atoms with Crippen LogP contribution in [0.25, 0.3) is 0 Å². The van der Waals surface area contributed by atoms with Crippen LogP contribution >= 0.6 is 0 Å². The Kier molecular flexibility index (Phi) is 6.32. The molecule has 1 aromatic carbocycles. The molecule has 0 aromatic heterocycles. The van der Waals surface area contributed by atoms with Crippen molar-refractivity contribution >= 4 is 10.1 Å². The van der Waals surface area contributed by atoms with Crippen LogP contribution in [0.4, 0.5) is 0 Å². The van der Waals surface area contributed by atoms with Crippen LogP contribution in [0.15, 0.2) is 30.3 Å². The smallest absolute Gasteiger partial charge is 0.268 e. The zero-order valence-electron chi connectivity index (χ0n) is 11.0. The molecule has 0 heterocycles. The van der Waals surface area contributed by atoms with Crippen LogP contribution in [0.3, 0.4) is 0 Å². The molecule has 0 radical (unpaired) electrons. The van der Waals surface area contributed by atoms with E-state index < -0.39 is 10.1 Å². The van der Waals surface area contributed by atoms with Crippen LogP contribution in [0.1, 0.15) is 12.0 Å². The molecular formula is C13H21NO3S. The molecule has 0 saturated heterocycles. The van der Waals surface area contributed by atoms with Crippen molar-refractivity contribution < 1.29 is 12.6 Å². The maximum Gasteiger partial charge on any atom is 0.268 e. The quantitative estimate of drug-likeness (QED) is 0.531. The lowest BCUT2D eigenvalue weighted by atomic mass is 10.1. The van der Waals surface area contributed by atoms with Gasteiger partial charge in [-0.1, -0.05) is 30.3 Å². The fourth-order valence-electron chi connectivity index (χ4n) is 1.46. The minimum Gasteiger partial charge on any atom is -0.308 e. The molecule has 0 unspecified atom stereocenters. The standard InChI is InChI=1S/C13H21NO3S/c1-14(2)10-12-18(15,16)17-11-6-9-13-7-4-3-5-8-13/h3-5,7-8H,6,9-12H2,1-2H3. The summed E-state index contributed by atoms with van der Waals surface area (Å²) in [5.74, 6) is 0.0470. The fourth-order valence-corrected chi connectivity index (χ4v) is 2.54. The Bertz CT molecular complexity index is 429. The summed E-state index contributed by atoms with van der Waals surface area (Å²) in [6.45, 7) is 0.742. The minimum atomic E-state index is -3.37. The average Bonchev–Trinajstić information content (AvgIpc) is 2.34. The molecule has 0 spiro atoms. The van der Waals surface area contributed by atoms with Crippen molar-refractivity contribution in [3.05, 3.63) is 35.9 Å². The number of hydrogen-bond donors (Lipinski definition) is 0. The van der Waals surface area contributed by atoms with Gasteiger partial charge in [-0.3, -0.25) is 4.18 Å². The van der Waals surface area contributed by atoms with Crippen molar-refractivity contribution in [3.8, 4) is 0 Å². The van der Waals surface area contributed by atoms with E-state index in [1.807, 2.05) is 49.3 Å². The molecule has 102 valence electrons. The third-order valence-corrected chi connectivity index (χ3v) is 3.71. The summed E-state index contributed by atoms with van der Waals surface area (Å²) < 4.78 is 27.9. The molecule has 0 aliphatic rings. The second kappa shape index (κ2) is 7.51. The van der Waals surface area contributed by atoms with Gasteiger partial charge in [0.15, 0.2) is 0 Å². The third-order valence-electron chi connectivity index (χ3n) is 2.50. The van der Waals surface area contributed by atoms with Gasteiger partial charge in [0.1, 0.15) is 0 Å². The predicted octanol–water partition coefficient (Wildman–Crippen LogP) is 1.53. The van der Waals surface area contributed by atoms with Crippen molar-refractivity contribution in [1.29, 1.82) is 0 Å². The largest absolute Gasteiger partial charge is 0.308 e. The molecule has 1 rings (SSSR count). The lowest BCUT2D eigenvalue weighted by molar-refractivity contribution is 0.308. The highest BCUT2D eigenvalue weighted by Gasteiger charge is 2.11. The van der Waals surface area contributed by atoms with Gasteiger partial charge < -0.3 is 4.90 Å². The summed E-state index contributed by atoms with van der Waals surface area (Å²) >= 11 is 0. The number of benzene rings is 1. The van der Waals surface area contributed by atoms with Gasteiger partial charge in [-0.25, -0.2) is 0 Å². The Labute approximate surface area is 110 Å². The number of rotatable bonds is 8. The lowest BCUT2D eigenvalue weighted by Crippen LogP contribution is -2.23. The normalized spacial score (nSPS) is 11.9. The first-order valence-electron chi connectivity index (χ1n) is 6.05. The monoisotopic (exact) mass is 271 g/mol. The molecule has 0 bridgehead atoms. The van der Waals surface area contributed by atoms with Gasteiger partial charge in [-0.2, -0.15) is 8.42 Å². The fraction of sp³-hybridized carbons (Fsp3) is 0.538. The summed E-state index contributed by atoms with van der Waals surface area (Å²) in [7, 11) is 0.304. The zero-order valence-corrected chi connectivity index (χ0v) is 11.8. The van der Waals surface area contributed by atoms with E-state index in [-0.39, 0.29) is 12.4 Å². The van der Waals surface area contributed by atoms with Crippen molar-refractivity contribution in [2.24, 2.45) is 0 Å². The zero-order chi connectivity index (χ0) is 13.4. The van der Waals surface area contributed by atoms with Gasteiger partial charge >= 0.3 is 0 Å². The lowest BCUT2D eigenvalue weighted by Gasteiger charge is -2.10. The van der Waals surface area contributed by atoms with Gasteiger partial charge in [-0.15, -0.1) is 0 Å². The molecule has 18 heavy (non-hydrogen) atoms. The SMILES string of the molecule is CN(C)CCS(=O)(=O)OCCCc1ccccc1. The molecule has 0 atom stereocenters. The van der Waals surface area contributed by atoms with Crippen molar-refractivity contribution in [2.75, 3.05) is 33.0 Å². The first kappa shape index (κ1) is 15.1. The van der Waals surface area contributed by atoms with Crippen LogP contribution in [0.5, 0.6) is 0 Å². The molecule has 4 nitrogen and oxygen atoms in total. The summed E-state index contributed by atoms with van der Waals surface area (Å²) in [6, 6.07) is 9.97.